The number of hydrogen-bond acceptors (Lipinski definition) is 4. The first-order valence-corrected chi connectivity index (χ1v) is 9.19. The zero-order valence-corrected chi connectivity index (χ0v) is 15.4. The van der Waals surface area contributed by atoms with Crippen LogP contribution in [0.15, 0.2) is 77.7 Å². The van der Waals surface area contributed by atoms with Gasteiger partial charge in [-0.1, -0.05) is 84.6 Å². The van der Waals surface area contributed by atoms with E-state index in [4.69, 9.17) is 12.2 Å². The highest BCUT2D eigenvalue weighted by Crippen LogP contribution is 2.29. The van der Waals surface area contributed by atoms with E-state index in [1.165, 1.54) is 11.8 Å². The summed E-state index contributed by atoms with van der Waals surface area (Å²) in [5.74, 6) is -0.604. The number of amides is 2. The van der Waals surface area contributed by atoms with Crippen molar-refractivity contribution in [1.82, 2.24) is 10.4 Å². The van der Waals surface area contributed by atoms with Crippen molar-refractivity contribution in [1.29, 1.82) is 0 Å². The number of rotatable bonds is 5. The number of hydrazine groups is 1. The second kappa shape index (κ2) is 8.60. The molecule has 26 heavy (non-hydrogen) atoms. The fraction of sp³-hybridized carbons (Fsp3) is 0.0500. The minimum Gasteiger partial charge on any atom is -0.273 e. The van der Waals surface area contributed by atoms with Crippen molar-refractivity contribution in [2.45, 2.75) is 6.42 Å². The van der Waals surface area contributed by atoms with E-state index < -0.39 is 0 Å². The molecule has 1 aliphatic rings. The molecule has 0 spiro atoms. The fourth-order valence-electron chi connectivity index (χ4n) is 2.33. The van der Waals surface area contributed by atoms with Crippen LogP contribution in [0.25, 0.3) is 6.08 Å². The van der Waals surface area contributed by atoms with Gasteiger partial charge in [0.15, 0.2) is 4.32 Å². The molecule has 130 valence electrons. The van der Waals surface area contributed by atoms with Crippen LogP contribution in [0.2, 0.25) is 0 Å². The Morgan fingerprint density at radius 3 is 2.42 bits per heavy atom. The topological polar surface area (TPSA) is 49.4 Å². The molecule has 0 unspecified atom stereocenters. The molecule has 0 aliphatic carbocycles. The largest absolute Gasteiger partial charge is 0.285 e. The lowest BCUT2D eigenvalue weighted by Gasteiger charge is -2.15. The lowest BCUT2D eigenvalue weighted by molar-refractivity contribution is -0.132. The number of benzene rings is 2. The Kier molecular flexibility index (Phi) is 5.99. The van der Waals surface area contributed by atoms with E-state index in [1.807, 2.05) is 66.7 Å². The van der Waals surface area contributed by atoms with Gasteiger partial charge in [0.1, 0.15) is 0 Å². The van der Waals surface area contributed by atoms with Crippen molar-refractivity contribution in [2.75, 3.05) is 0 Å². The van der Waals surface area contributed by atoms with Crippen LogP contribution in [0.5, 0.6) is 0 Å². The normalized spacial score (nSPS) is 15.8. The van der Waals surface area contributed by atoms with Gasteiger partial charge in [-0.15, -0.1) is 0 Å². The number of nitrogens with one attached hydrogen (secondary N) is 1. The molecule has 1 N–H and O–H groups in total. The van der Waals surface area contributed by atoms with Crippen LogP contribution >= 0.6 is 24.0 Å². The Hall–Kier alpha value is -2.70. The molecule has 2 aromatic rings. The number of nitrogens with zero attached hydrogens (tertiary/aromatic N) is 1. The van der Waals surface area contributed by atoms with E-state index in [0.29, 0.717) is 9.23 Å². The van der Waals surface area contributed by atoms with E-state index in [1.54, 1.807) is 12.2 Å². The van der Waals surface area contributed by atoms with E-state index in [-0.39, 0.29) is 18.2 Å². The van der Waals surface area contributed by atoms with Crippen molar-refractivity contribution in [2.24, 2.45) is 0 Å². The number of thioether (sulfide) groups is 1. The third kappa shape index (κ3) is 4.68. The monoisotopic (exact) mass is 380 g/mol. The molecule has 1 heterocycles. The molecule has 2 amide bonds. The molecule has 6 heteroatoms. The molecule has 2 aromatic carbocycles. The Bertz CT molecular complexity index is 877. The van der Waals surface area contributed by atoms with Gasteiger partial charge >= 0.3 is 0 Å². The molecule has 0 aromatic heterocycles. The Morgan fingerprint density at radius 2 is 1.73 bits per heavy atom. The summed E-state index contributed by atoms with van der Waals surface area (Å²) >= 11 is 6.38. The average molecular weight is 380 g/mol. The van der Waals surface area contributed by atoms with Gasteiger partial charge < -0.3 is 0 Å². The van der Waals surface area contributed by atoms with Crippen LogP contribution in [0, 0.1) is 0 Å². The summed E-state index contributed by atoms with van der Waals surface area (Å²) in [7, 11) is 0. The molecule has 3 rings (SSSR count). The smallest absolute Gasteiger partial charge is 0.273 e. The molecular weight excluding hydrogens is 364 g/mol. The van der Waals surface area contributed by atoms with Gasteiger partial charge in [-0.2, -0.15) is 5.01 Å². The predicted molar refractivity (Wildman–Crippen MR) is 109 cm³/mol. The minimum atomic E-state index is -0.320. The maximum Gasteiger partial charge on any atom is 0.285 e. The number of carbonyl (C=O) groups excluding carboxylic acids is 2. The summed E-state index contributed by atoms with van der Waals surface area (Å²) in [6, 6.07) is 19.1. The van der Waals surface area contributed by atoms with Crippen LogP contribution in [0.1, 0.15) is 11.1 Å². The van der Waals surface area contributed by atoms with Crippen LogP contribution < -0.4 is 5.43 Å². The maximum absolute atomic E-state index is 12.4. The fourth-order valence-corrected chi connectivity index (χ4v) is 3.47. The third-order valence-corrected chi connectivity index (χ3v) is 4.89. The first-order chi connectivity index (χ1) is 12.6. The Balaban J connectivity index is 1.62. The lowest BCUT2D eigenvalue weighted by atomic mass is 10.1. The number of allylic oxidation sites excluding steroid dienone is 2. The molecule has 4 nitrogen and oxygen atoms in total. The van der Waals surface area contributed by atoms with Crippen molar-refractivity contribution in [3.05, 3.63) is 88.8 Å². The van der Waals surface area contributed by atoms with Gasteiger partial charge in [0, 0.05) is 0 Å². The predicted octanol–water partition coefficient (Wildman–Crippen LogP) is 3.72. The van der Waals surface area contributed by atoms with E-state index in [0.717, 1.165) is 16.1 Å². The standard InChI is InChI=1S/C20H16N2O2S2/c23-18(14-16-10-5-2-6-11-16)21-22-19(24)17(26-20(22)25)13-7-12-15-8-3-1-4-9-15/h1-13H,14H2,(H,21,23). The first kappa shape index (κ1) is 18.1. The molecule has 0 atom stereocenters. The van der Waals surface area contributed by atoms with Crippen LogP contribution in [0.4, 0.5) is 0 Å². The van der Waals surface area contributed by atoms with Gasteiger partial charge in [0.05, 0.1) is 11.3 Å². The number of hydrogen-bond donors (Lipinski definition) is 1. The van der Waals surface area contributed by atoms with E-state index >= 15 is 0 Å². The molecule has 0 radical (unpaired) electrons. The van der Waals surface area contributed by atoms with Crippen LogP contribution in [-0.2, 0) is 16.0 Å². The van der Waals surface area contributed by atoms with Gasteiger partial charge in [0.25, 0.3) is 5.91 Å². The van der Waals surface area contributed by atoms with Gasteiger partial charge in [0.2, 0.25) is 5.91 Å². The third-order valence-electron chi connectivity index (χ3n) is 3.57. The summed E-state index contributed by atoms with van der Waals surface area (Å²) < 4.78 is 0.316. The molecule has 1 saturated heterocycles. The average Bonchev–Trinajstić information content (AvgIpc) is 2.91. The number of carbonyl (C=O) groups is 2. The van der Waals surface area contributed by atoms with Crippen molar-refractivity contribution < 1.29 is 9.59 Å². The van der Waals surface area contributed by atoms with Crippen LogP contribution in [0.3, 0.4) is 0 Å². The van der Waals surface area contributed by atoms with Gasteiger partial charge in [-0.25, -0.2) is 0 Å². The van der Waals surface area contributed by atoms with Crippen LogP contribution in [-0.4, -0.2) is 21.1 Å². The summed E-state index contributed by atoms with van der Waals surface area (Å²) in [5, 5.41) is 1.13. The zero-order valence-electron chi connectivity index (χ0n) is 13.8. The lowest BCUT2D eigenvalue weighted by Crippen LogP contribution is -2.45. The quantitative estimate of drug-likeness (QED) is 0.634. The highest BCUT2D eigenvalue weighted by Gasteiger charge is 2.33. The molecular formula is C20H16N2O2S2. The minimum absolute atomic E-state index is 0.185. The van der Waals surface area contributed by atoms with E-state index in [9.17, 15) is 9.59 Å². The maximum atomic E-state index is 12.4. The number of thiocarbonyl (C=S) groups is 1. The highest BCUT2D eigenvalue weighted by molar-refractivity contribution is 8.26. The Morgan fingerprint density at radius 1 is 1.08 bits per heavy atom. The Labute approximate surface area is 161 Å². The molecule has 1 aliphatic heterocycles. The SMILES string of the molecule is O=C(Cc1ccccc1)NN1C(=O)C(=CC=Cc2ccccc2)SC1=S. The van der Waals surface area contributed by atoms with Crippen molar-refractivity contribution >= 4 is 46.2 Å². The second-order valence-electron chi connectivity index (χ2n) is 5.51. The zero-order chi connectivity index (χ0) is 18.4. The van der Waals surface area contributed by atoms with Crippen molar-refractivity contribution in [3.63, 3.8) is 0 Å². The summed E-state index contributed by atoms with van der Waals surface area (Å²) in [6.07, 6.45) is 5.59. The summed E-state index contributed by atoms with van der Waals surface area (Å²) in [5.41, 5.74) is 4.49. The summed E-state index contributed by atoms with van der Waals surface area (Å²) in [6.45, 7) is 0. The molecule has 1 fully saturated rings. The van der Waals surface area contributed by atoms with E-state index in [2.05, 4.69) is 5.43 Å². The molecule has 0 saturated carbocycles. The highest BCUT2D eigenvalue weighted by atomic mass is 32.2. The molecule has 0 bridgehead atoms. The van der Waals surface area contributed by atoms with Gasteiger partial charge in [-0.3, -0.25) is 15.0 Å². The second-order valence-corrected chi connectivity index (χ2v) is 7.18. The van der Waals surface area contributed by atoms with Crippen molar-refractivity contribution in [3.8, 4) is 0 Å². The summed E-state index contributed by atoms with van der Waals surface area (Å²) in [4.78, 5) is 25.1. The van der Waals surface area contributed by atoms with Gasteiger partial charge in [-0.05, 0) is 29.4 Å². The first-order valence-electron chi connectivity index (χ1n) is 7.96.